The molecule has 0 fully saturated rings. The van der Waals surface area contributed by atoms with Crippen molar-refractivity contribution in [2.24, 2.45) is 0 Å². The molecule has 0 radical (unpaired) electrons. The quantitative estimate of drug-likeness (QED) is 0.225. The molecular formula is C33H27NSi. The molecule has 6 aromatic rings. The molecule has 0 N–H and O–H groups in total. The molecule has 0 saturated heterocycles. The van der Waals surface area contributed by atoms with Gasteiger partial charge < -0.3 is 4.57 Å². The molecule has 0 spiro atoms. The summed E-state index contributed by atoms with van der Waals surface area (Å²) < 4.78 is 2.52. The zero-order valence-electron chi connectivity index (χ0n) is 20.3. The van der Waals surface area contributed by atoms with Crippen molar-refractivity contribution in [3.05, 3.63) is 109 Å². The van der Waals surface area contributed by atoms with Crippen LogP contribution in [0.3, 0.4) is 0 Å². The van der Waals surface area contributed by atoms with Crippen LogP contribution < -0.4 is 5.19 Å². The molecule has 1 nitrogen and oxygen atoms in total. The molecule has 0 saturated carbocycles. The first kappa shape index (κ1) is 20.5. The fourth-order valence-corrected chi connectivity index (χ4v) is 6.97. The SMILES string of the molecule is C[Si](C)(C)c1ccc(-c2cccc3c4cccc5c4n(c23)-c2ccccc2-c2ccccc2-5)cc1. The molecule has 5 aromatic carbocycles. The van der Waals surface area contributed by atoms with Crippen molar-refractivity contribution < 1.29 is 0 Å². The van der Waals surface area contributed by atoms with Crippen LogP contribution in [0.5, 0.6) is 0 Å². The average Bonchev–Trinajstić information content (AvgIpc) is 3.16. The Morgan fingerprint density at radius 2 is 0.971 bits per heavy atom. The standard InChI is InChI=1S/C33H27NSi/c1-35(2,3)23-20-18-22(19-21-23)24-13-8-15-29-30-16-9-14-28-26-11-5-4-10-25(26)27-12-6-7-17-31(27)34(32(24)29)33(28)30/h4-21H,1-3H3. The van der Waals surface area contributed by atoms with Crippen LogP contribution in [-0.2, 0) is 0 Å². The third-order valence-electron chi connectivity index (χ3n) is 7.52. The predicted octanol–water partition coefficient (Wildman–Crippen LogP) is 8.64. The summed E-state index contributed by atoms with van der Waals surface area (Å²) in [6, 6.07) is 40.6. The van der Waals surface area contributed by atoms with E-state index in [0.717, 1.165) is 0 Å². The first-order valence-corrected chi connectivity index (χ1v) is 15.9. The maximum atomic E-state index is 2.52. The summed E-state index contributed by atoms with van der Waals surface area (Å²) in [6.45, 7) is 7.23. The van der Waals surface area contributed by atoms with Crippen LogP contribution in [-0.4, -0.2) is 12.6 Å². The van der Waals surface area contributed by atoms with Crippen LogP contribution in [0.25, 0.3) is 60.9 Å². The highest BCUT2D eigenvalue weighted by atomic mass is 28.3. The molecule has 0 amide bonds. The Morgan fingerprint density at radius 3 is 1.63 bits per heavy atom. The number of nitrogens with zero attached hydrogens (tertiary/aromatic N) is 1. The number of hydrogen-bond donors (Lipinski definition) is 0. The van der Waals surface area contributed by atoms with E-state index in [0.29, 0.717) is 0 Å². The molecule has 1 aliphatic rings. The van der Waals surface area contributed by atoms with Gasteiger partial charge in [-0.25, -0.2) is 0 Å². The van der Waals surface area contributed by atoms with Crippen LogP contribution in [0.4, 0.5) is 0 Å². The molecule has 7 rings (SSSR count). The first-order chi connectivity index (χ1) is 17.0. The van der Waals surface area contributed by atoms with Crippen molar-refractivity contribution in [2.75, 3.05) is 0 Å². The molecule has 1 aromatic heterocycles. The smallest absolute Gasteiger partial charge is 0.0775 e. The van der Waals surface area contributed by atoms with E-state index < -0.39 is 8.07 Å². The van der Waals surface area contributed by atoms with E-state index in [1.807, 2.05) is 0 Å². The van der Waals surface area contributed by atoms with Crippen molar-refractivity contribution in [3.8, 4) is 39.1 Å². The number of benzene rings is 5. The van der Waals surface area contributed by atoms with Gasteiger partial charge in [0, 0.05) is 27.5 Å². The first-order valence-electron chi connectivity index (χ1n) is 12.4. The van der Waals surface area contributed by atoms with Gasteiger partial charge in [0.2, 0.25) is 0 Å². The normalized spacial score (nSPS) is 12.4. The summed E-state index contributed by atoms with van der Waals surface area (Å²) in [5.74, 6) is 0. The van der Waals surface area contributed by atoms with E-state index in [9.17, 15) is 0 Å². The third-order valence-corrected chi connectivity index (χ3v) is 9.59. The Balaban J connectivity index is 1.64. The van der Waals surface area contributed by atoms with Gasteiger partial charge in [-0.1, -0.05) is 128 Å². The minimum Gasteiger partial charge on any atom is -0.307 e. The summed E-state index contributed by atoms with van der Waals surface area (Å²) in [4.78, 5) is 0. The molecule has 1 aliphatic heterocycles. The van der Waals surface area contributed by atoms with Gasteiger partial charge in [0.15, 0.2) is 0 Å². The van der Waals surface area contributed by atoms with Crippen LogP contribution in [0.1, 0.15) is 0 Å². The van der Waals surface area contributed by atoms with Crippen molar-refractivity contribution in [1.82, 2.24) is 4.57 Å². The Labute approximate surface area is 207 Å². The number of aromatic nitrogens is 1. The summed E-state index contributed by atoms with van der Waals surface area (Å²) in [6.07, 6.45) is 0. The van der Waals surface area contributed by atoms with Crippen molar-refractivity contribution >= 4 is 35.1 Å². The van der Waals surface area contributed by atoms with E-state index in [2.05, 4.69) is 133 Å². The molecule has 0 unspecified atom stereocenters. The predicted molar refractivity (Wildman–Crippen MR) is 154 cm³/mol. The van der Waals surface area contributed by atoms with E-state index in [1.54, 1.807) is 0 Å². The van der Waals surface area contributed by atoms with Crippen molar-refractivity contribution in [2.45, 2.75) is 19.6 Å². The van der Waals surface area contributed by atoms with Gasteiger partial charge in [0.25, 0.3) is 0 Å². The number of rotatable bonds is 2. The zero-order chi connectivity index (χ0) is 23.7. The lowest BCUT2D eigenvalue weighted by molar-refractivity contribution is 1.19. The molecule has 168 valence electrons. The van der Waals surface area contributed by atoms with E-state index in [4.69, 9.17) is 0 Å². The topological polar surface area (TPSA) is 4.93 Å². The van der Waals surface area contributed by atoms with Gasteiger partial charge in [-0.15, -0.1) is 0 Å². The van der Waals surface area contributed by atoms with Gasteiger partial charge in [-0.2, -0.15) is 0 Å². The van der Waals surface area contributed by atoms with Crippen LogP contribution >= 0.6 is 0 Å². The fraction of sp³-hybridized carbons (Fsp3) is 0.0909. The van der Waals surface area contributed by atoms with Gasteiger partial charge in [-0.3, -0.25) is 0 Å². The Hall–Kier alpha value is -3.88. The molecule has 0 atom stereocenters. The highest BCUT2D eigenvalue weighted by Crippen LogP contribution is 2.47. The highest BCUT2D eigenvalue weighted by Gasteiger charge is 2.25. The highest BCUT2D eigenvalue weighted by molar-refractivity contribution is 6.88. The van der Waals surface area contributed by atoms with Crippen molar-refractivity contribution in [1.29, 1.82) is 0 Å². The lowest BCUT2D eigenvalue weighted by atomic mass is 9.93. The van der Waals surface area contributed by atoms with E-state index in [1.165, 1.54) is 66.1 Å². The zero-order valence-corrected chi connectivity index (χ0v) is 21.3. The Kier molecular flexibility index (Phi) is 4.28. The molecule has 2 heteroatoms. The van der Waals surface area contributed by atoms with E-state index >= 15 is 0 Å². The Morgan fingerprint density at radius 1 is 0.457 bits per heavy atom. The number of hydrogen-bond acceptors (Lipinski definition) is 0. The second-order valence-corrected chi connectivity index (χ2v) is 15.7. The summed E-state index contributed by atoms with van der Waals surface area (Å²) in [5.41, 5.74) is 11.6. The van der Waals surface area contributed by atoms with Crippen LogP contribution in [0.2, 0.25) is 19.6 Å². The summed E-state index contributed by atoms with van der Waals surface area (Å²) in [5, 5.41) is 4.11. The fourth-order valence-electron chi connectivity index (χ4n) is 5.81. The minimum absolute atomic E-state index is 1.25. The van der Waals surface area contributed by atoms with Crippen molar-refractivity contribution in [3.63, 3.8) is 0 Å². The maximum Gasteiger partial charge on any atom is 0.0775 e. The number of para-hydroxylation sites is 3. The molecular weight excluding hydrogens is 438 g/mol. The molecule has 35 heavy (non-hydrogen) atoms. The maximum absolute atomic E-state index is 2.52. The second-order valence-electron chi connectivity index (χ2n) is 10.6. The lowest BCUT2D eigenvalue weighted by Gasteiger charge is -2.18. The Bertz CT molecular complexity index is 1760. The van der Waals surface area contributed by atoms with Crippen LogP contribution in [0.15, 0.2) is 109 Å². The minimum atomic E-state index is -1.35. The molecule has 0 bridgehead atoms. The van der Waals surface area contributed by atoms with E-state index in [-0.39, 0.29) is 0 Å². The second kappa shape index (κ2) is 7.31. The third kappa shape index (κ3) is 2.93. The monoisotopic (exact) mass is 465 g/mol. The largest absolute Gasteiger partial charge is 0.307 e. The summed E-state index contributed by atoms with van der Waals surface area (Å²) in [7, 11) is -1.35. The molecule has 0 aliphatic carbocycles. The average molecular weight is 466 g/mol. The molecule has 2 heterocycles. The lowest BCUT2D eigenvalue weighted by Crippen LogP contribution is -2.37. The van der Waals surface area contributed by atoms with Gasteiger partial charge in [0.05, 0.1) is 24.8 Å². The van der Waals surface area contributed by atoms with Gasteiger partial charge in [-0.05, 0) is 22.8 Å². The van der Waals surface area contributed by atoms with Gasteiger partial charge in [0.1, 0.15) is 0 Å². The number of fused-ring (bicyclic) bond motifs is 8. The summed E-state index contributed by atoms with van der Waals surface area (Å²) >= 11 is 0. The van der Waals surface area contributed by atoms with Gasteiger partial charge >= 0.3 is 0 Å². The van der Waals surface area contributed by atoms with Crippen LogP contribution in [0, 0.1) is 0 Å².